The fourth-order valence-corrected chi connectivity index (χ4v) is 3.86. The van der Waals surface area contributed by atoms with Crippen molar-refractivity contribution in [1.29, 1.82) is 0 Å². The lowest BCUT2D eigenvalue weighted by atomic mass is 9.97. The van der Waals surface area contributed by atoms with Crippen LogP contribution in [0.25, 0.3) is 0 Å². The molecule has 0 amide bonds. The summed E-state index contributed by atoms with van der Waals surface area (Å²) in [6.07, 6.45) is 1.61. The lowest BCUT2D eigenvalue weighted by Crippen LogP contribution is -2.27. The zero-order valence-corrected chi connectivity index (χ0v) is 20.4. The normalized spacial score (nSPS) is 12.5. The van der Waals surface area contributed by atoms with Crippen molar-refractivity contribution in [1.82, 2.24) is 0 Å². The van der Waals surface area contributed by atoms with Gasteiger partial charge in [0.25, 0.3) is 0 Å². The highest BCUT2D eigenvalue weighted by atomic mass is 16.6. The summed E-state index contributed by atoms with van der Waals surface area (Å²) in [6, 6.07) is 8.71. The Balaban J connectivity index is 2.10. The number of rotatable bonds is 12. The first kappa shape index (κ1) is 26.8. The van der Waals surface area contributed by atoms with Crippen LogP contribution >= 0.6 is 0 Å². The van der Waals surface area contributed by atoms with Crippen LogP contribution in [-0.2, 0) is 31.9 Å². The molecule has 0 aromatic heterocycles. The van der Waals surface area contributed by atoms with E-state index in [1.807, 2.05) is 6.07 Å². The molecular formula is C26H34O8. The second-order valence-corrected chi connectivity index (χ2v) is 8.25. The highest BCUT2D eigenvalue weighted by Gasteiger charge is 2.22. The summed E-state index contributed by atoms with van der Waals surface area (Å²) in [5.74, 6) is 0.102. The van der Waals surface area contributed by atoms with Gasteiger partial charge >= 0.3 is 11.9 Å². The fourth-order valence-electron chi connectivity index (χ4n) is 3.86. The average molecular weight is 475 g/mol. The van der Waals surface area contributed by atoms with Crippen LogP contribution in [0.4, 0.5) is 0 Å². The van der Waals surface area contributed by atoms with Crippen LogP contribution in [0.2, 0.25) is 0 Å². The summed E-state index contributed by atoms with van der Waals surface area (Å²) in [5, 5.41) is 19.8. The van der Waals surface area contributed by atoms with Gasteiger partial charge in [-0.1, -0.05) is 12.1 Å². The molecule has 0 aliphatic rings. The molecule has 0 spiro atoms. The number of esters is 2. The van der Waals surface area contributed by atoms with E-state index in [4.69, 9.17) is 18.9 Å². The van der Waals surface area contributed by atoms with Crippen molar-refractivity contribution in [2.24, 2.45) is 0 Å². The molecule has 2 unspecified atom stereocenters. The van der Waals surface area contributed by atoms with E-state index in [9.17, 15) is 19.8 Å². The van der Waals surface area contributed by atoms with E-state index >= 15 is 0 Å². The van der Waals surface area contributed by atoms with Crippen LogP contribution in [0.1, 0.15) is 49.8 Å². The van der Waals surface area contributed by atoms with Crippen molar-refractivity contribution in [3.8, 4) is 23.0 Å². The van der Waals surface area contributed by atoms with E-state index in [-0.39, 0.29) is 11.5 Å². The van der Waals surface area contributed by atoms with Gasteiger partial charge in [-0.3, -0.25) is 9.59 Å². The number of methoxy groups -OCH3 is 2. The molecule has 8 heteroatoms. The first-order valence-corrected chi connectivity index (χ1v) is 11.2. The summed E-state index contributed by atoms with van der Waals surface area (Å²) in [4.78, 5) is 23.4. The first-order valence-electron chi connectivity index (χ1n) is 11.2. The Bertz CT molecular complexity index is 985. The van der Waals surface area contributed by atoms with Gasteiger partial charge in [0.1, 0.15) is 12.2 Å². The van der Waals surface area contributed by atoms with Crippen LogP contribution in [0.5, 0.6) is 23.0 Å². The van der Waals surface area contributed by atoms with Gasteiger partial charge in [-0.2, -0.15) is 0 Å². The minimum absolute atomic E-state index is 0.0545. The summed E-state index contributed by atoms with van der Waals surface area (Å²) < 4.78 is 21.4. The number of ether oxygens (including phenoxy) is 4. The second kappa shape index (κ2) is 12.7. The molecule has 2 atom stereocenters. The minimum atomic E-state index is -0.462. The third-order valence-corrected chi connectivity index (χ3v) is 5.49. The maximum Gasteiger partial charge on any atom is 0.302 e. The van der Waals surface area contributed by atoms with E-state index in [1.54, 1.807) is 31.2 Å². The Morgan fingerprint density at radius 3 is 1.88 bits per heavy atom. The molecule has 2 aromatic carbocycles. The van der Waals surface area contributed by atoms with Gasteiger partial charge in [-0.15, -0.1) is 0 Å². The smallest absolute Gasteiger partial charge is 0.302 e. The Hall–Kier alpha value is -3.42. The van der Waals surface area contributed by atoms with E-state index < -0.39 is 24.1 Å². The highest BCUT2D eigenvalue weighted by molar-refractivity contribution is 5.66. The molecule has 34 heavy (non-hydrogen) atoms. The van der Waals surface area contributed by atoms with Crippen molar-refractivity contribution >= 4 is 11.9 Å². The van der Waals surface area contributed by atoms with Crippen molar-refractivity contribution in [2.45, 2.75) is 65.1 Å². The van der Waals surface area contributed by atoms with Crippen molar-refractivity contribution in [3.05, 3.63) is 47.0 Å². The quantitative estimate of drug-likeness (QED) is 0.439. The third-order valence-electron chi connectivity index (χ3n) is 5.49. The minimum Gasteiger partial charge on any atom is -0.504 e. The lowest BCUT2D eigenvalue weighted by Gasteiger charge is -2.24. The molecule has 0 aliphatic heterocycles. The molecule has 0 aliphatic carbocycles. The first-order chi connectivity index (χ1) is 16.1. The number of carbonyl (C=O) groups is 2. The zero-order valence-electron chi connectivity index (χ0n) is 20.4. The van der Waals surface area contributed by atoms with Gasteiger partial charge in [0, 0.05) is 20.3 Å². The summed E-state index contributed by atoms with van der Waals surface area (Å²) in [6.45, 7) is 4.49. The molecule has 0 heterocycles. The van der Waals surface area contributed by atoms with Crippen molar-refractivity contribution in [3.63, 3.8) is 0 Å². The number of benzene rings is 2. The predicted molar refractivity (Wildman–Crippen MR) is 126 cm³/mol. The number of phenols is 2. The number of aryl methyl sites for hydroxylation is 3. The largest absolute Gasteiger partial charge is 0.504 e. The Morgan fingerprint density at radius 1 is 0.824 bits per heavy atom. The lowest BCUT2D eigenvalue weighted by molar-refractivity contribution is -0.153. The van der Waals surface area contributed by atoms with Gasteiger partial charge in [0.15, 0.2) is 23.0 Å². The van der Waals surface area contributed by atoms with Crippen LogP contribution in [0.15, 0.2) is 30.3 Å². The summed E-state index contributed by atoms with van der Waals surface area (Å²) in [7, 11) is 2.97. The molecule has 0 bridgehead atoms. The number of hydrogen-bond donors (Lipinski definition) is 2. The standard InChI is InChI=1S/C26H34O8/c1-16-12-20(14-25(32-5)26(16)30)7-10-22(34-18(3)28)15-21(33-17(2)27)9-6-19-8-11-23(29)24(13-19)31-4/h8,11-14,21-22,29-30H,6-7,9-10,15H2,1-5H3. The van der Waals surface area contributed by atoms with Crippen LogP contribution in [0, 0.1) is 6.92 Å². The van der Waals surface area contributed by atoms with Crippen molar-refractivity contribution < 1.29 is 38.7 Å². The van der Waals surface area contributed by atoms with E-state index in [2.05, 4.69) is 0 Å². The third kappa shape index (κ3) is 8.17. The van der Waals surface area contributed by atoms with Crippen LogP contribution in [0.3, 0.4) is 0 Å². The average Bonchev–Trinajstić information content (AvgIpc) is 2.78. The molecular weight excluding hydrogens is 440 g/mol. The maximum absolute atomic E-state index is 11.7. The van der Waals surface area contributed by atoms with E-state index in [0.717, 1.165) is 11.1 Å². The number of hydrogen-bond acceptors (Lipinski definition) is 8. The number of phenolic OH excluding ortho intramolecular Hbond substituents is 2. The molecule has 0 saturated heterocycles. The fraction of sp³-hybridized carbons (Fsp3) is 0.462. The van der Waals surface area contributed by atoms with Crippen molar-refractivity contribution in [2.75, 3.05) is 14.2 Å². The molecule has 0 fully saturated rings. The highest BCUT2D eigenvalue weighted by Crippen LogP contribution is 2.32. The van der Waals surface area contributed by atoms with Gasteiger partial charge in [-0.05, 0) is 67.5 Å². The molecule has 2 aromatic rings. The zero-order chi connectivity index (χ0) is 25.3. The van der Waals surface area contributed by atoms with Gasteiger partial charge in [0.2, 0.25) is 0 Å². The predicted octanol–water partition coefficient (Wildman–Crippen LogP) is 4.24. The van der Waals surface area contributed by atoms with Crippen LogP contribution < -0.4 is 9.47 Å². The van der Waals surface area contributed by atoms with Gasteiger partial charge in [0.05, 0.1) is 14.2 Å². The van der Waals surface area contributed by atoms with Crippen LogP contribution in [-0.4, -0.2) is 48.6 Å². The molecule has 0 radical (unpaired) electrons. The van der Waals surface area contributed by atoms with E-state index in [1.165, 1.54) is 28.1 Å². The molecule has 8 nitrogen and oxygen atoms in total. The second-order valence-electron chi connectivity index (χ2n) is 8.25. The number of aromatic hydroxyl groups is 2. The number of carbonyl (C=O) groups excluding carboxylic acids is 2. The summed E-state index contributed by atoms with van der Waals surface area (Å²) >= 11 is 0. The summed E-state index contributed by atoms with van der Waals surface area (Å²) in [5.41, 5.74) is 2.55. The Morgan fingerprint density at radius 2 is 1.35 bits per heavy atom. The molecule has 2 N–H and O–H groups in total. The SMILES string of the molecule is COc1cc(CCC(CC(CCc2cc(C)c(O)c(OC)c2)OC(C)=O)OC(C)=O)ccc1O. The van der Waals surface area contributed by atoms with Gasteiger partial charge in [-0.25, -0.2) is 0 Å². The van der Waals surface area contributed by atoms with Gasteiger partial charge < -0.3 is 29.2 Å². The molecule has 0 saturated carbocycles. The molecule has 2 rings (SSSR count). The Labute approximate surface area is 200 Å². The maximum atomic E-state index is 11.7. The van der Waals surface area contributed by atoms with E-state index in [0.29, 0.717) is 49.2 Å². The monoisotopic (exact) mass is 474 g/mol. The topological polar surface area (TPSA) is 112 Å². The Kier molecular flexibility index (Phi) is 10.0. The molecule has 186 valence electrons.